The van der Waals surface area contributed by atoms with Gasteiger partial charge in [-0.05, 0) is 70.6 Å². The highest BCUT2D eigenvalue weighted by Crippen LogP contribution is 2.50. The van der Waals surface area contributed by atoms with Crippen molar-refractivity contribution in [3.63, 3.8) is 0 Å². The van der Waals surface area contributed by atoms with Gasteiger partial charge in [-0.2, -0.15) is 0 Å². The maximum absolute atomic E-state index is 14.6. The maximum Gasteiger partial charge on any atom is 0.261 e. The van der Waals surface area contributed by atoms with Gasteiger partial charge in [0.2, 0.25) is 5.91 Å². The van der Waals surface area contributed by atoms with Crippen molar-refractivity contribution in [2.24, 2.45) is 5.41 Å². The van der Waals surface area contributed by atoms with Gasteiger partial charge in [0.15, 0.2) is 0 Å². The fraction of sp³-hybridized carbons (Fsp3) is 0.333. The van der Waals surface area contributed by atoms with Crippen LogP contribution in [0.1, 0.15) is 70.5 Å². The van der Waals surface area contributed by atoms with Crippen molar-refractivity contribution in [2.45, 2.75) is 70.5 Å². The molecular weight excluding hydrogens is 629 g/mol. The molecule has 4 atom stereocenters. The van der Waals surface area contributed by atoms with E-state index in [4.69, 9.17) is 27.6 Å². The third-order valence-corrected chi connectivity index (χ3v) is 15.1. The van der Waals surface area contributed by atoms with Crippen LogP contribution in [0.5, 0.6) is 0 Å². The Bertz CT molecular complexity index is 1600. The average Bonchev–Trinajstić information content (AvgIpc) is 3.05. The minimum Gasteiger partial charge on any atom is -0.405 e. The second-order valence-corrected chi connectivity index (χ2v) is 18.8. The van der Waals surface area contributed by atoms with Gasteiger partial charge in [0.25, 0.3) is 8.32 Å². The topological polar surface area (TPSA) is 46.6 Å². The molecule has 0 spiro atoms. The van der Waals surface area contributed by atoms with Gasteiger partial charge in [-0.1, -0.05) is 136 Å². The second kappa shape index (κ2) is 13.9. The number of halogens is 2. The molecule has 0 saturated carbocycles. The number of aldehydes is 1. The number of hydrogen-bond donors (Lipinski definition) is 0. The number of amides is 1. The van der Waals surface area contributed by atoms with Crippen LogP contribution in [-0.2, 0) is 14.0 Å². The van der Waals surface area contributed by atoms with Crippen LogP contribution in [0.4, 0.5) is 0 Å². The Labute approximate surface area is 284 Å². The van der Waals surface area contributed by atoms with E-state index in [1.807, 2.05) is 65.6 Å². The lowest BCUT2D eigenvalue weighted by Gasteiger charge is -2.51. The zero-order valence-corrected chi connectivity index (χ0v) is 29.8. The van der Waals surface area contributed by atoms with Crippen molar-refractivity contribution in [1.82, 2.24) is 4.90 Å². The predicted octanol–water partition coefficient (Wildman–Crippen LogP) is 8.61. The standard InChI is InChI=1S/C39H43Cl2NO3Si/c1-6-32(26-45-46(38(2,3)4,33-16-9-7-10-17-33)34-18-11-8-12-19-34)42-36(28-20-22-30(40)23-21-28)35(25-39(5,27-43)37(42)44)29-14-13-15-31(41)24-29/h7-24,27,32,35-36H,6,25-26H2,1-5H3/t32-,35?,36+,39+/m0/s1. The summed E-state index contributed by atoms with van der Waals surface area (Å²) in [4.78, 5) is 29.4. The Hall–Kier alpha value is -3.22. The Balaban J connectivity index is 1.66. The smallest absolute Gasteiger partial charge is 0.261 e. The van der Waals surface area contributed by atoms with Crippen LogP contribution in [0.2, 0.25) is 15.1 Å². The fourth-order valence-corrected chi connectivity index (χ4v) is 12.2. The molecule has 4 aromatic carbocycles. The minimum atomic E-state index is -2.90. The third kappa shape index (κ3) is 6.48. The van der Waals surface area contributed by atoms with E-state index < -0.39 is 13.7 Å². The molecule has 1 fully saturated rings. The molecule has 1 saturated heterocycles. The first-order chi connectivity index (χ1) is 21.9. The summed E-state index contributed by atoms with van der Waals surface area (Å²) in [6.07, 6.45) is 1.84. The molecule has 46 heavy (non-hydrogen) atoms. The largest absolute Gasteiger partial charge is 0.405 e. The van der Waals surface area contributed by atoms with Crippen LogP contribution in [-0.4, -0.2) is 38.1 Å². The molecule has 1 heterocycles. The molecular formula is C39H43Cl2NO3Si. The Morgan fingerprint density at radius 1 is 0.870 bits per heavy atom. The van der Waals surface area contributed by atoms with Gasteiger partial charge in [-0.25, -0.2) is 0 Å². The first kappa shape index (κ1) is 34.1. The Morgan fingerprint density at radius 3 is 1.96 bits per heavy atom. The van der Waals surface area contributed by atoms with Gasteiger partial charge < -0.3 is 14.1 Å². The molecule has 1 aliphatic rings. The summed E-state index contributed by atoms with van der Waals surface area (Å²) in [6.45, 7) is 10.9. The highest BCUT2D eigenvalue weighted by molar-refractivity contribution is 6.99. The minimum absolute atomic E-state index is 0.182. The second-order valence-electron chi connectivity index (χ2n) is 13.6. The number of nitrogens with zero attached hydrogens (tertiary/aromatic N) is 1. The van der Waals surface area contributed by atoms with E-state index in [1.165, 1.54) is 10.4 Å². The van der Waals surface area contributed by atoms with Crippen molar-refractivity contribution in [2.75, 3.05) is 6.61 Å². The number of benzene rings is 4. The molecule has 1 amide bonds. The maximum atomic E-state index is 14.6. The summed E-state index contributed by atoms with van der Waals surface area (Å²) in [6, 6.07) is 35.9. The predicted molar refractivity (Wildman–Crippen MR) is 192 cm³/mol. The zero-order valence-electron chi connectivity index (χ0n) is 27.3. The molecule has 0 radical (unpaired) electrons. The molecule has 0 bridgehead atoms. The van der Waals surface area contributed by atoms with Crippen LogP contribution >= 0.6 is 23.2 Å². The summed E-state index contributed by atoms with van der Waals surface area (Å²) >= 11 is 12.9. The number of carbonyl (C=O) groups excluding carboxylic acids is 2. The van der Waals surface area contributed by atoms with Crippen molar-refractivity contribution in [3.05, 3.63) is 130 Å². The number of hydrogen-bond acceptors (Lipinski definition) is 3. The summed E-state index contributed by atoms with van der Waals surface area (Å²) in [5.74, 6) is -0.367. The first-order valence-electron chi connectivity index (χ1n) is 16.0. The molecule has 4 aromatic rings. The highest BCUT2D eigenvalue weighted by Gasteiger charge is 2.54. The van der Waals surface area contributed by atoms with Gasteiger partial charge in [0.1, 0.15) is 11.7 Å². The lowest BCUT2D eigenvalue weighted by Crippen LogP contribution is -2.68. The van der Waals surface area contributed by atoms with Gasteiger partial charge >= 0.3 is 0 Å². The SMILES string of the molecule is CC[C@@H](CO[Si](c1ccccc1)(c1ccccc1)C(C)(C)C)N1C(=O)[C@@](C)(C=O)CC(c2cccc(Cl)c2)[C@H]1c1ccc(Cl)cc1. The molecule has 0 aromatic heterocycles. The van der Waals surface area contributed by atoms with Gasteiger partial charge in [0, 0.05) is 16.0 Å². The Kier molecular flexibility index (Phi) is 10.3. The summed E-state index contributed by atoms with van der Waals surface area (Å²) in [7, 11) is -2.90. The lowest BCUT2D eigenvalue weighted by atomic mass is 9.69. The summed E-state index contributed by atoms with van der Waals surface area (Å²) < 4.78 is 7.40. The van der Waals surface area contributed by atoms with E-state index in [0.717, 1.165) is 17.4 Å². The fourth-order valence-electron chi connectivity index (χ4n) is 7.23. The van der Waals surface area contributed by atoms with Crippen molar-refractivity contribution >= 4 is 54.1 Å². The van der Waals surface area contributed by atoms with Gasteiger partial charge in [-0.3, -0.25) is 4.79 Å². The summed E-state index contributed by atoms with van der Waals surface area (Å²) in [5, 5.41) is 3.37. The van der Waals surface area contributed by atoms with Gasteiger partial charge in [-0.15, -0.1) is 0 Å². The van der Waals surface area contributed by atoms with Crippen LogP contribution in [0.25, 0.3) is 0 Å². The zero-order chi connectivity index (χ0) is 33.1. The lowest BCUT2D eigenvalue weighted by molar-refractivity contribution is -0.157. The van der Waals surface area contributed by atoms with E-state index in [2.05, 4.69) is 76.2 Å². The van der Waals surface area contributed by atoms with Crippen molar-refractivity contribution < 1.29 is 14.0 Å². The number of likely N-dealkylation sites (tertiary alicyclic amines) is 1. The molecule has 240 valence electrons. The normalized spacial score (nSPS) is 21.2. The van der Waals surface area contributed by atoms with E-state index in [0.29, 0.717) is 29.5 Å². The van der Waals surface area contributed by atoms with Crippen LogP contribution < -0.4 is 10.4 Å². The van der Waals surface area contributed by atoms with E-state index in [1.54, 1.807) is 6.92 Å². The van der Waals surface area contributed by atoms with Crippen LogP contribution in [0.15, 0.2) is 109 Å². The molecule has 0 N–H and O–H groups in total. The number of rotatable bonds is 10. The molecule has 1 unspecified atom stereocenters. The third-order valence-electron chi connectivity index (χ3n) is 9.57. The number of piperidine rings is 1. The highest BCUT2D eigenvalue weighted by atomic mass is 35.5. The molecule has 4 nitrogen and oxygen atoms in total. The van der Waals surface area contributed by atoms with E-state index >= 15 is 0 Å². The van der Waals surface area contributed by atoms with Crippen LogP contribution in [0.3, 0.4) is 0 Å². The van der Waals surface area contributed by atoms with Crippen molar-refractivity contribution in [3.8, 4) is 0 Å². The molecule has 1 aliphatic heterocycles. The van der Waals surface area contributed by atoms with Crippen molar-refractivity contribution in [1.29, 1.82) is 0 Å². The van der Waals surface area contributed by atoms with E-state index in [-0.39, 0.29) is 28.9 Å². The summed E-state index contributed by atoms with van der Waals surface area (Å²) in [5.41, 5.74) is 0.737. The van der Waals surface area contributed by atoms with Crippen LogP contribution in [0, 0.1) is 5.41 Å². The molecule has 5 rings (SSSR count). The Morgan fingerprint density at radius 2 is 1.46 bits per heavy atom. The molecule has 7 heteroatoms. The van der Waals surface area contributed by atoms with E-state index in [9.17, 15) is 9.59 Å². The first-order valence-corrected chi connectivity index (χ1v) is 18.7. The monoisotopic (exact) mass is 671 g/mol. The molecule has 0 aliphatic carbocycles. The quantitative estimate of drug-likeness (QED) is 0.0963. The van der Waals surface area contributed by atoms with Gasteiger partial charge in [0.05, 0.1) is 18.7 Å². The number of carbonyl (C=O) groups is 2. The average molecular weight is 673 g/mol.